The molecule has 0 radical (unpaired) electrons. The summed E-state index contributed by atoms with van der Waals surface area (Å²) in [6.45, 7) is 10.8. The fourth-order valence-electron chi connectivity index (χ4n) is 1.49. The molecule has 3 N–H and O–H groups in total. The van der Waals surface area contributed by atoms with Crippen LogP contribution in [0, 0.1) is 0 Å². The van der Waals surface area contributed by atoms with Gasteiger partial charge < -0.3 is 20.3 Å². The van der Waals surface area contributed by atoms with E-state index < -0.39 is 5.60 Å². The first kappa shape index (κ1) is 16.8. The zero-order chi connectivity index (χ0) is 13.1. The summed E-state index contributed by atoms with van der Waals surface area (Å²) in [5, 5.41) is 9.96. The van der Waals surface area contributed by atoms with Gasteiger partial charge in [-0.15, -0.1) is 0 Å². The maximum atomic E-state index is 9.96. The van der Waals surface area contributed by atoms with Crippen molar-refractivity contribution in [1.82, 2.24) is 4.90 Å². The molecule has 0 saturated heterocycles. The molecule has 0 aromatic heterocycles. The summed E-state index contributed by atoms with van der Waals surface area (Å²) in [6, 6.07) is 0. The number of aliphatic hydroxyl groups is 1. The van der Waals surface area contributed by atoms with Gasteiger partial charge in [0.05, 0.1) is 18.8 Å². The molecule has 1 unspecified atom stereocenters. The number of ether oxygens (including phenoxy) is 2. The molecule has 0 spiro atoms. The molecule has 0 heterocycles. The Labute approximate surface area is 105 Å². The minimum Gasteiger partial charge on any atom is -0.388 e. The number of nitrogens with zero attached hydrogens (tertiary/aromatic N) is 1. The molecule has 0 fully saturated rings. The summed E-state index contributed by atoms with van der Waals surface area (Å²) < 4.78 is 10.6. The smallest absolute Gasteiger partial charge is 0.0867 e. The molecule has 0 rings (SSSR count). The zero-order valence-corrected chi connectivity index (χ0v) is 11.4. The van der Waals surface area contributed by atoms with Crippen molar-refractivity contribution < 1.29 is 14.6 Å². The topological polar surface area (TPSA) is 68.0 Å². The SMILES string of the molecule is CCOCCN(CCOCC)CC(C)(O)CN. The van der Waals surface area contributed by atoms with Gasteiger partial charge in [-0.05, 0) is 20.8 Å². The van der Waals surface area contributed by atoms with Crippen LogP contribution in [0.3, 0.4) is 0 Å². The van der Waals surface area contributed by atoms with Gasteiger partial charge in [0.1, 0.15) is 0 Å². The Hall–Kier alpha value is -0.200. The van der Waals surface area contributed by atoms with E-state index in [1.165, 1.54) is 0 Å². The Morgan fingerprint density at radius 2 is 1.59 bits per heavy atom. The standard InChI is InChI=1S/C12H28N2O3/c1-4-16-8-6-14(7-9-17-5-2)11-12(3,15)10-13/h15H,4-11,13H2,1-3H3. The Bertz CT molecular complexity index is 167. The van der Waals surface area contributed by atoms with Crippen LogP contribution in [0.5, 0.6) is 0 Å². The summed E-state index contributed by atoms with van der Waals surface area (Å²) in [5.41, 5.74) is 4.68. The van der Waals surface area contributed by atoms with E-state index in [0.717, 1.165) is 13.1 Å². The summed E-state index contributed by atoms with van der Waals surface area (Å²) in [7, 11) is 0. The quantitative estimate of drug-likeness (QED) is 0.507. The van der Waals surface area contributed by atoms with E-state index in [9.17, 15) is 5.11 Å². The fraction of sp³-hybridized carbons (Fsp3) is 1.00. The molecular formula is C12H28N2O3. The van der Waals surface area contributed by atoms with Gasteiger partial charge in [0.2, 0.25) is 0 Å². The maximum Gasteiger partial charge on any atom is 0.0867 e. The van der Waals surface area contributed by atoms with Gasteiger partial charge in [0, 0.05) is 39.4 Å². The summed E-state index contributed by atoms with van der Waals surface area (Å²) in [6.07, 6.45) is 0. The monoisotopic (exact) mass is 248 g/mol. The molecule has 5 nitrogen and oxygen atoms in total. The minimum absolute atomic E-state index is 0.257. The van der Waals surface area contributed by atoms with Crippen LogP contribution in [0.1, 0.15) is 20.8 Å². The lowest BCUT2D eigenvalue weighted by Crippen LogP contribution is -2.47. The molecule has 1 atom stereocenters. The van der Waals surface area contributed by atoms with Crippen LogP contribution in [-0.2, 0) is 9.47 Å². The van der Waals surface area contributed by atoms with Crippen LogP contribution in [0.4, 0.5) is 0 Å². The first-order valence-corrected chi connectivity index (χ1v) is 6.36. The highest BCUT2D eigenvalue weighted by Crippen LogP contribution is 2.04. The van der Waals surface area contributed by atoms with Gasteiger partial charge in [-0.1, -0.05) is 0 Å². The predicted molar refractivity (Wildman–Crippen MR) is 69.1 cm³/mol. The molecule has 0 saturated carbocycles. The van der Waals surface area contributed by atoms with Crippen molar-refractivity contribution in [2.75, 3.05) is 52.6 Å². The molecule has 0 bridgehead atoms. The summed E-state index contributed by atoms with van der Waals surface area (Å²) in [5.74, 6) is 0. The Morgan fingerprint density at radius 3 is 1.94 bits per heavy atom. The lowest BCUT2D eigenvalue weighted by molar-refractivity contribution is 0.00650. The predicted octanol–water partition coefficient (Wildman–Crippen LogP) is 0.0711. The Morgan fingerprint density at radius 1 is 1.12 bits per heavy atom. The highest BCUT2D eigenvalue weighted by atomic mass is 16.5. The molecule has 0 amide bonds. The van der Waals surface area contributed by atoms with Crippen molar-refractivity contribution in [3.63, 3.8) is 0 Å². The Balaban J connectivity index is 4.00. The third-order valence-electron chi connectivity index (χ3n) is 2.52. The van der Waals surface area contributed by atoms with Gasteiger partial charge in [-0.25, -0.2) is 0 Å². The highest BCUT2D eigenvalue weighted by molar-refractivity contribution is 4.78. The Kier molecular flexibility index (Phi) is 9.68. The van der Waals surface area contributed by atoms with Crippen LogP contribution < -0.4 is 5.73 Å². The van der Waals surface area contributed by atoms with Gasteiger partial charge in [0.15, 0.2) is 0 Å². The van der Waals surface area contributed by atoms with Crippen LogP contribution >= 0.6 is 0 Å². The molecule has 5 heteroatoms. The van der Waals surface area contributed by atoms with E-state index in [2.05, 4.69) is 4.90 Å². The lowest BCUT2D eigenvalue weighted by atomic mass is 10.1. The van der Waals surface area contributed by atoms with E-state index in [-0.39, 0.29) is 6.54 Å². The molecule has 0 aliphatic carbocycles. The van der Waals surface area contributed by atoms with Crippen molar-refractivity contribution in [3.05, 3.63) is 0 Å². The van der Waals surface area contributed by atoms with Gasteiger partial charge in [0.25, 0.3) is 0 Å². The second-order valence-corrected chi connectivity index (χ2v) is 4.37. The van der Waals surface area contributed by atoms with Crippen molar-refractivity contribution in [3.8, 4) is 0 Å². The number of hydrogen-bond donors (Lipinski definition) is 2. The average Bonchev–Trinajstić information content (AvgIpc) is 2.29. The lowest BCUT2D eigenvalue weighted by Gasteiger charge is -2.30. The van der Waals surface area contributed by atoms with E-state index >= 15 is 0 Å². The first-order valence-electron chi connectivity index (χ1n) is 6.36. The molecule has 17 heavy (non-hydrogen) atoms. The highest BCUT2D eigenvalue weighted by Gasteiger charge is 2.21. The molecule has 104 valence electrons. The summed E-state index contributed by atoms with van der Waals surface area (Å²) >= 11 is 0. The third kappa shape index (κ3) is 9.50. The van der Waals surface area contributed by atoms with Crippen LogP contribution in [0.25, 0.3) is 0 Å². The number of nitrogens with two attached hydrogens (primary N) is 1. The van der Waals surface area contributed by atoms with Crippen molar-refractivity contribution >= 4 is 0 Å². The first-order chi connectivity index (χ1) is 8.05. The van der Waals surface area contributed by atoms with Crippen molar-refractivity contribution in [2.45, 2.75) is 26.4 Å². The van der Waals surface area contributed by atoms with Crippen LogP contribution in [0.2, 0.25) is 0 Å². The molecule has 0 aliphatic rings. The molecule has 0 aromatic carbocycles. The van der Waals surface area contributed by atoms with E-state index in [1.807, 2.05) is 13.8 Å². The van der Waals surface area contributed by atoms with Gasteiger partial charge in [-0.2, -0.15) is 0 Å². The van der Waals surface area contributed by atoms with Crippen LogP contribution in [0.15, 0.2) is 0 Å². The minimum atomic E-state index is -0.849. The number of hydrogen-bond acceptors (Lipinski definition) is 5. The zero-order valence-electron chi connectivity index (χ0n) is 11.4. The second kappa shape index (κ2) is 9.79. The second-order valence-electron chi connectivity index (χ2n) is 4.37. The van der Waals surface area contributed by atoms with Gasteiger partial charge >= 0.3 is 0 Å². The molecule has 0 aromatic rings. The summed E-state index contributed by atoms with van der Waals surface area (Å²) in [4.78, 5) is 2.12. The van der Waals surface area contributed by atoms with Gasteiger partial charge in [-0.3, -0.25) is 4.90 Å². The van der Waals surface area contributed by atoms with E-state index in [4.69, 9.17) is 15.2 Å². The largest absolute Gasteiger partial charge is 0.388 e. The maximum absolute atomic E-state index is 9.96. The number of rotatable bonds is 11. The average molecular weight is 248 g/mol. The fourth-order valence-corrected chi connectivity index (χ4v) is 1.49. The third-order valence-corrected chi connectivity index (χ3v) is 2.52. The van der Waals surface area contributed by atoms with Crippen LogP contribution in [-0.4, -0.2) is 68.2 Å². The normalized spacial score (nSPS) is 15.2. The van der Waals surface area contributed by atoms with E-state index in [0.29, 0.717) is 33.0 Å². The van der Waals surface area contributed by atoms with E-state index in [1.54, 1.807) is 6.92 Å². The van der Waals surface area contributed by atoms with Crippen molar-refractivity contribution in [1.29, 1.82) is 0 Å². The molecular weight excluding hydrogens is 220 g/mol. The van der Waals surface area contributed by atoms with Crippen molar-refractivity contribution in [2.24, 2.45) is 5.73 Å². The molecule has 0 aliphatic heterocycles.